The van der Waals surface area contributed by atoms with Gasteiger partial charge in [-0.15, -0.1) is 0 Å². The van der Waals surface area contributed by atoms with Gasteiger partial charge < -0.3 is 9.64 Å². The monoisotopic (exact) mass is 631 g/mol. The number of fused-ring (bicyclic) bond motifs is 4. The molecule has 44 heavy (non-hydrogen) atoms. The van der Waals surface area contributed by atoms with Crippen molar-refractivity contribution < 1.29 is 13.2 Å². The first-order chi connectivity index (χ1) is 21.0. The lowest BCUT2D eigenvalue weighted by Crippen LogP contribution is -2.64. The molecule has 3 N–H and O–H groups in total. The Morgan fingerprint density at radius 2 is 1.70 bits per heavy atom. The van der Waals surface area contributed by atoms with Crippen LogP contribution in [0.5, 0.6) is 0 Å². The molecule has 3 heterocycles. The second-order valence-corrected chi connectivity index (χ2v) is 17.1. The standard InChI is InChI=1S/C35H61N5O3S/c1-24(2)19-30-23-43-33-21-32(34-26(5)9-7-10-27(34)6)36-35(37-33)38-44(41,42)31-12-8-11-29(20-31)22-40(30)18-15-28-13-16-39(17-14-28)25(3)4/h7,9-10,24-25,28-33,35-38H,8,11-23H2,1-6H3/t29?,30-,31?,32?,33?,35?/m1/s1. The summed E-state index contributed by atoms with van der Waals surface area (Å²) in [7, 11) is -3.52. The second-order valence-electron chi connectivity index (χ2n) is 15.1. The van der Waals surface area contributed by atoms with Crippen LogP contribution in [0.1, 0.15) is 108 Å². The average molecular weight is 632 g/mol. The van der Waals surface area contributed by atoms with Gasteiger partial charge in [-0.25, -0.2) is 8.42 Å². The lowest BCUT2D eigenvalue weighted by atomic mass is 9.87. The molecule has 1 aromatic rings. The Labute approximate surface area is 268 Å². The highest BCUT2D eigenvalue weighted by Gasteiger charge is 2.39. The summed E-state index contributed by atoms with van der Waals surface area (Å²) in [6.45, 7) is 18.7. The Morgan fingerprint density at radius 3 is 2.39 bits per heavy atom. The van der Waals surface area contributed by atoms with Gasteiger partial charge in [0, 0.05) is 31.1 Å². The SMILES string of the molecule is Cc1cccc(C)c1C1CC2NC(N1)NS(=O)(=O)C1CCCC(C1)CN(CCC1CCN(C(C)C)CC1)[C@H](CC(C)C)CO2. The topological polar surface area (TPSA) is 85.9 Å². The molecule has 0 aromatic heterocycles. The first kappa shape index (κ1) is 34.3. The summed E-state index contributed by atoms with van der Waals surface area (Å²) in [6, 6.07) is 7.34. The van der Waals surface area contributed by atoms with Crippen molar-refractivity contribution in [3.05, 3.63) is 34.9 Å². The van der Waals surface area contributed by atoms with Crippen LogP contribution < -0.4 is 15.4 Å². The average Bonchev–Trinajstić information content (AvgIpc) is 2.97. The van der Waals surface area contributed by atoms with E-state index in [2.05, 4.69) is 84.9 Å². The minimum atomic E-state index is -3.52. The molecule has 1 aliphatic carbocycles. The number of piperidine rings is 1. The summed E-state index contributed by atoms with van der Waals surface area (Å²) >= 11 is 0. The van der Waals surface area contributed by atoms with Crippen LogP contribution in [0.4, 0.5) is 0 Å². The van der Waals surface area contributed by atoms with Gasteiger partial charge in [-0.1, -0.05) is 38.5 Å². The van der Waals surface area contributed by atoms with Gasteiger partial charge in [0.15, 0.2) is 0 Å². The van der Waals surface area contributed by atoms with Gasteiger partial charge in [-0.05, 0) is 127 Å². The number of likely N-dealkylation sites (tertiary alicyclic amines) is 1. The van der Waals surface area contributed by atoms with Crippen LogP contribution in [0, 0.1) is 31.6 Å². The van der Waals surface area contributed by atoms with Crippen molar-refractivity contribution in [3.8, 4) is 0 Å². The Hall–Kier alpha value is -1.07. The normalized spacial score (nSPS) is 33.1. The zero-order valence-electron chi connectivity index (χ0n) is 28.4. The van der Waals surface area contributed by atoms with Gasteiger partial charge in [0.2, 0.25) is 10.0 Å². The third-order valence-electron chi connectivity index (χ3n) is 11.0. The highest BCUT2D eigenvalue weighted by atomic mass is 32.2. The number of nitrogens with one attached hydrogen (secondary N) is 3. The number of nitrogens with zero attached hydrogens (tertiary/aromatic N) is 2. The minimum absolute atomic E-state index is 0.00394. The van der Waals surface area contributed by atoms with Crippen LogP contribution in [0.15, 0.2) is 18.2 Å². The molecule has 250 valence electrons. The number of hydrogen-bond donors (Lipinski definition) is 3. The zero-order chi connectivity index (χ0) is 31.4. The number of aryl methyl sites for hydroxylation is 2. The van der Waals surface area contributed by atoms with Crippen molar-refractivity contribution in [2.45, 2.75) is 135 Å². The van der Waals surface area contributed by atoms with Crippen LogP contribution in [-0.4, -0.2) is 80.9 Å². The molecule has 3 saturated heterocycles. The van der Waals surface area contributed by atoms with Crippen molar-refractivity contribution in [1.82, 2.24) is 25.2 Å². The molecule has 5 rings (SSSR count). The number of ether oxygens (including phenoxy) is 1. The molecule has 1 aromatic carbocycles. The van der Waals surface area contributed by atoms with E-state index in [1.165, 1.54) is 49.0 Å². The molecule has 0 amide bonds. The van der Waals surface area contributed by atoms with Gasteiger partial charge in [-0.2, -0.15) is 4.72 Å². The van der Waals surface area contributed by atoms with Crippen LogP contribution in [-0.2, 0) is 14.8 Å². The lowest BCUT2D eigenvalue weighted by molar-refractivity contribution is -0.0479. The van der Waals surface area contributed by atoms with Gasteiger partial charge >= 0.3 is 0 Å². The van der Waals surface area contributed by atoms with Crippen molar-refractivity contribution in [2.24, 2.45) is 17.8 Å². The number of sulfonamides is 1. The van der Waals surface area contributed by atoms with E-state index < -0.39 is 16.3 Å². The predicted octanol–water partition coefficient (Wildman–Crippen LogP) is 5.27. The maximum Gasteiger partial charge on any atom is 0.216 e. The van der Waals surface area contributed by atoms with Crippen LogP contribution >= 0.6 is 0 Å². The molecular weight excluding hydrogens is 570 g/mol. The summed E-state index contributed by atoms with van der Waals surface area (Å²) in [4.78, 5) is 5.34. The molecule has 0 radical (unpaired) electrons. The van der Waals surface area contributed by atoms with E-state index in [-0.39, 0.29) is 17.5 Å². The molecule has 4 bridgehead atoms. The fourth-order valence-electron chi connectivity index (χ4n) is 8.45. The van der Waals surface area contributed by atoms with Gasteiger partial charge in [-0.3, -0.25) is 15.5 Å². The van der Waals surface area contributed by atoms with Gasteiger partial charge in [0.25, 0.3) is 0 Å². The third-order valence-corrected chi connectivity index (χ3v) is 12.8. The highest BCUT2D eigenvalue weighted by molar-refractivity contribution is 7.90. The summed E-state index contributed by atoms with van der Waals surface area (Å²) in [5, 5.41) is 6.75. The molecule has 5 unspecified atom stereocenters. The number of rotatable bonds is 7. The summed E-state index contributed by atoms with van der Waals surface area (Å²) in [5.41, 5.74) is 3.69. The van der Waals surface area contributed by atoms with Crippen molar-refractivity contribution in [2.75, 3.05) is 32.8 Å². The summed E-state index contributed by atoms with van der Waals surface area (Å²) in [5.74, 6) is 1.73. The second kappa shape index (κ2) is 15.2. The fraction of sp³-hybridized carbons (Fsp3) is 0.829. The molecule has 4 fully saturated rings. The quantitative estimate of drug-likeness (QED) is 0.378. The van der Waals surface area contributed by atoms with E-state index in [1.807, 2.05) is 0 Å². The molecule has 0 spiro atoms. The minimum Gasteiger partial charge on any atom is -0.362 e. The summed E-state index contributed by atoms with van der Waals surface area (Å²) in [6.07, 6.45) is 8.38. The van der Waals surface area contributed by atoms with E-state index in [1.54, 1.807) is 0 Å². The fourth-order valence-corrected chi connectivity index (χ4v) is 10.1. The summed E-state index contributed by atoms with van der Waals surface area (Å²) < 4.78 is 37.5. The van der Waals surface area contributed by atoms with Gasteiger partial charge in [0.05, 0.1) is 11.9 Å². The van der Waals surface area contributed by atoms with Gasteiger partial charge in [0.1, 0.15) is 12.5 Å². The van der Waals surface area contributed by atoms with Crippen LogP contribution in [0.2, 0.25) is 0 Å². The van der Waals surface area contributed by atoms with E-state index in [4.69, 9.17) is 4.74 Å². The first-order valence-corrected chi connectivity index (χ1v) is 19.2. The van der Waals surface area contributed by atoms with Crippen molar-refractivity contribution >= 4 is 10.0 Å². The Morgan fingerprint density at radius 1 is 0.977 bits per heavy atom. The zero-order valence-corrected chi connectivity index (χ0v) is 29.2. The van der Waals surface area contributed by atoms with Crippen molar-refractivity contribution in [3.63, 3.8) is 0 Å². The van der Waals surface area contributed by atoms with Crippen LogP contribution in [0.25, 0.3) is 0 Å². The molecule has 4 aliphatic rings. The van der Waals surface area contributed by atoms with Crippen molar-refractivity contribution in [1.29, 1.82) is 0 Å². The Kier molecular flexibility index (Phi) is 11.9. The molecule has 3 aliphatic heterocycles. The molecule has 9 heteroatoms. The first-order valence-electron chi connectivity index (χ1n) is 17.7. The Bertz CT molecular complexity index is 1150. The van der Waals surface area contributed by atoms with E-state index in [0.717, 1.165) is 57.5 Å². The smallest absolute Gasteiger partial charge is 0.216 e. The highest BCUT2D eigenvalue weighted by Crippen LogP contribution is 2.33. The predicted molar refractivity (Wildman–Crippen MR) is 180 cm³/mol. The maximum atomic E-state index is 13.8. The molecule has 1 saturated carbocycles. The molecular formula is C35H61N5O3S. The Balaban J connectivity index is 1.39. The third kappa shape index (κ3) is 8.84. The largest absolute Gasteiger partial charge is 0.362 e. The lowest BCUT2D eigenvalue weighted by Gasteiger charge is -2.40. The van der Waals surface area contributed by atoms with Crippen LogP contribution in [0.3, 0.4) is 0 Å². The molecule has 8 nitrogen and oxygen atoms in total. The molecule has 6 atom stereocenters. The van der Waals surface area contributed by atoms with E-state index >= 15 is 0 Å². The maximum absolute atomic E-state index is 13.8. The number of hydrogen-bond acceptors (Lipinski definition) is 7. The van der Waals surface area contributed by atoms with E-state index in [9.17, 15) is 8.42 Å². The number of benzene rings is 1. The van der Waals surface area contributed by atoms with E-state index in [0.29, 0.717) is 30.5 Å².